The zero-order valence-corrected chi connectivity index (χ0v) is 9.34. The Bertz CT molecular complexity index is 491. The first-order chi connectivity index (χ1) is 7.66. The summed E-state index contributed by atoms with van der Waals surface area (Å²) in [6.07, 6.45) is 1.77. The van der Waals surface area contributed by atoms with Gasteiger partial charge in [-0.15, -0.1) is 0 Å². The Hall–Kier alpha value is -1.84. The maximum atomic E-state index is 13.2. The number of anilines is 1. The highest BCUT2D eigenvalue weighted by molar-refractivity contribution is 5.50. The highest BCUT2D eigenvalue weighted by atomic mass is 19.1. The van der Waals surface area contributed by atoms with Gasteiger partial charge in [-0.2, -0.15) is 0 Å². The van der Waals surface area contributed by atoms with E-state index in [9.17, 15) is 4.39 Å². The number of nitrogens with zero attached hydrogens (tertiary/aromatic N) is 1. The Balaban J connectivity index is 2.07. The molecule has 0 aliphatic carbocycles. The molecule has 0 saturated heterocycles. The van der Waals surface area contributed by atoms with E-state index in [1.54, 1.807) is 19.2 Å². The lowest BCUT2D eigenvalue weighted by atomic mass is 10.2. The van der Waals surface area contributed by atoms with Crippen LogP contribution in [-0.4, -0.2) is 9.97 Å². The largest absolute Gasteiger partial charge is 0.379 e. The summed E-state index contributed by atoms with van der Waals surface area (Å²) >= 11 is 0. The molecule has 1 aromatic heterocycles. The average Bonchev–Trinajstić information content (AvgIpc) is 2.67. The van der Waals surface area contributed by atoms with Crippen molar-refractivity contribution in [2.24, 2.45) is 0 Å². The molecule has 0 amide bonds. The Morgan fingerprint density at radius 1 is 1.38 bits per heavy atom. The van der Waals surface area contributed by atoms with E-state index >= 15 is 0 Å². The van der Waals surface area contributed by atoms with Crippen molar-refractivity contribution >= 4 is 5.69 Å². The first kappa shape index (κ1) is 10.7. The molecule has 1 aromatic carbocycles. The molecule has 0 spiro atoms. The second-order valence-corrected chi connectivity index (χ2v) is 3.76. The fourth-order valence-electron chi connectivity index (χ4n) is 1.55. The predicted octanol–water partition coefficient (Wildman–Crippen LogP) is 2.78. The van der Waals surface area contributed by atoms with Gasteiger partial charge in [0, 0.05) is 11.3 Å². The van der Waals surface area contributed by atoms with Crippen molar-refractivity contribution in [2.75, 3.05) is 5.32 Å². The molecule has 0 aliphatic heterocycles. The monoisotopic (exact) mass is 219 g/mol. The maximum absolute atomic E-state index is 13.2. The van der Waals surface area contributed by atoms with Crippen molar-refractivity contribution in [1.82, 2.24) is 9.97 Å². The van der Waals surface area contributed by atoms with E-state index in [1.807, 2.05) is 13.0 Å². The lowest BCUT2D eigenvalue weighted by molar-refractivity contribution is 0.619. The molecule has 1 heterocycles. The molecule has 0 radical (unpaired) electrons. The van der Waals surface area contributed by atoms with Crippen molar-refractivity contribution in [1.29, 1.82) is 0 Å². The molecule has 2 N–H and O–H groups in total. The van der Waals surface area contributed by atoms with Crippen LogP contribution in [0.5, 0.6) is 0 Å². The standard InChI is InChI=1S/C12H14FN3/c1-8-11(13)4-3-5-12(8)15-7-10-6-14-9(2)16-10/h3-6,15H,7H2,1-2H3,(H,14,16). The van der Waals surface area contributed by atoms with Crippen molar-refractivity contribution in [3.05, 3.63) is 47.3 Å². The zero-order chi connectivity index (χ0) is 11.5. The van der Waals surface area contributed by atoms with Gasteiger partial charge in [-0.3, -0.25) is 0 Å². The first-order valence-electron chi connectivity index (χ1n) is 5.16. The minimum absolute atomic E-state index is 0.189. The Morgan fingerprint density at radius 2 is 2.19 bits per heavy atom. The molecule has 16 heavy (non-hydrogen) atoms. The van der Waals surface area contributed by atoms with Crippen LogP contribution in [-0.2, 0) is 6.54 Å². The number of aromatic amines is 1. The van der Waals surface area contributed by atoms with E-state index in [0.29, 0.717) is 12.1 Å². The van der Waals surface area contributed by atoms with Gasteiger partial charge >= 0.3 is 0 Å². The van der Waals surface area contributed by atoms with Crippen molar-refractivity contribution < 1.29 is 4.39 Å². The molecule has 0 atom stereocenters. The van der Waals surface area contributed by atoms with Crippen molar-refractivity contribution in [3.63, 3.8) is 0 Å². The van der Waals surface area contributed by atoms with E-state index in [2.05, 4.69) is 15.3 Å². The van der Waals surface area contributed by atoms with Gasteiger partial charge in [0.1, 0.15) is 11.6 Å². The molecule has 0 aliphatic rings. The highest BCUT2D eigenvalue weighted by Gasteiger charge is 2.03. The molecule has 0 fully saturated rings. The summed E-state index contributed by atoms with van der Waals surface area (Å²) in [5.41, 5.74) is 2.44. The van der Waals surface area contributed by atoms with Crippen LogP contribution in [0, 0.1) is 19.7 Å². The lowest BCUT2D eigenvalue weighted by Gasteiger charge is -2.08. The van der Waals surface area contributed by atoms with Crippen LogP contribution in [0.1, 0.15) is 17.1 Å². The number of nitrogens with one attached hydrogen (secondary N) is 2. The summed E-state index contributed by atoms with van der Waals surface area (Å²) in [5, 5.41) is 3.17. The van der Waals surface area contributed by atoms with Gasteiger partial charge in [0.05, 0.1) is 18.4 Å². The summed E-state index contributed by atoms with van der Waals surface area (Å²) in [4.78, 5) is 7.21. The van der Waals surface area contributed by atoms with Crippen LogP contribution in [0.4, 0.5) is 10.1 Å². The third-order valence-electron chi connectivity index (χ3n) is 2.49. The average molecular weight is 219 g/mol. The van der Waals surface area contributed by atoms with Crippen molar-refractivity contribution in [2.45, 2.75) is 20.4 Å². The number of hydrogen-bond donors (Lipinski definition) is 2. The quantitative estimate of drug-likeness (QED) is 0.833. The number of benzene rings is 1. The van der Waals surface area contributed by atoms with Gasteiger partial charge < -0.3 is 10.3 Å². The summed E-state index contributed by atoms with van der Waals surface area (Å²) in [7, 11) is 0. The molecular formula is C12H14FN3. The van der Waals surface area contributed by atoms with Crippen LogP contribution < -0.4 is 5.32 Å². The molecule has 0 saturated carbocycles. The van der Waals surface area contributed by atoms with E-state index in [1.165, 1.54) is 6.07 Å². The molecule has 84 valence electrons. The second kappa shape index (κ2) is 4.35. The minimum atomic E-state index is -0.189. The Morgan fingerprint density at radius 3 is 2.88 bits per heavy atom. The van der Waals surface area contributed by atoms with Crippen LogP contribution in [0.2, 0.25) is 0 Å². The SMILES string of the molecule is Cc1ncc(CNc2cccc(F)c2C)[nH]1. The molecule has 2 rings (SSSR count). The van der Waals surface area contributed by atoms with Gasteiger partial charge in [-0.1, -0.05) is 6.07 Å². The first-order valence-corrected chi connectivity index (χ1v) is 5.16. The highest BCUT2D eigenvalue weighted by Crippen LogP contribution is 2.17. The van der Waals surface area contributed by atoms with Gasteiger partial charge in [0.15, 0.2) is 0 Å². The fraction of sp³-hybridized carbons (Fsp3) is 0.250. The molecule has 3 nitrogen and oxygen atoms in total. The van der Waals surface area contributed by atoms with Crippen LogP contribution in [0.25, 0.3) is 0 Å². The summed E-state index contributed by atoms with van der Waals surface area (Å²) in [6, 6.07) is 5.02. The van der Waals surface area contributed by atoms with Gasteiger partial charge in [-0.25, -0.2) is 9.37 Å². The van der Waals surface area contributed by atoms with Crippen LogP contribution in [0.3, 0.4) is 0 Å². The van der Waals surface area contributed by atoms with Crippen LogP contribution >= 0.6 is 0 Å². The number of aryl methyl sites for hydroxylation is 1. The van der Waals surface area contributed by atoms with Crippen LogP contribution in [0.15, 0.2) is 24.4 Å². The fourth-order valence-corrected chi connectivity index (χ4v) is 1.55. The van der Waals surface area contributed by atoms with Crippen molar-refractivity contribution in [3.8, 4) is 0 Å². The number of rotatable bonds is 3. The molecule has 0 bridgehead atoms. The molecule has 2 aromatic rings. The topological polar surface area (TPSA) is 40.7 Å². The molecular weight excluding hydrogens is 205 g/mol. The third kappa shape index (κ3) is 2.21. The van der Waals surface area contributed by atoms with E-state index < -0.39 is 0 Å². The lowest BCUT2D eigenvalue weighted by Crippen LogP contribution is -2.02. The zero-order valence-electron chi connectivity index (χ0n) is 9.34. The predicted molar refractivity (Wildman–Crippen MR) is 61.8 cm³/mol. The summed E-state index contributed by atoms with van der Waals surface area (Å²) < 4.78 is 13.2. The third-order valence-corrected chi connectivity index (χ3v) is 2.49. The number of halogens is 1. The summed E-state index contributed by atoms with van der Waals surface area (Å²) in [6.45, 7) is 4.28. The van der Waals surface area contributed by atoms with Gasteiger partial charge in [0.25, 0.3) is 0 Å². The second-order valence-electron chi connectivity index (χ2n) is 3.76. The minimum Gasteiger partial charge on any atom is -0.379 e. The number of aromatic nitrogens is 2. The normalized spacial score (nSPS) is 10.4. The number of imidazole rings is 1. The molecule has 4 heteroatoms. The Kier molecular flexibility index (Phi) is 2.90. The van der Waals surface area contributed by atoms with Gasteiger partial charge in [-0.05, 0) is 26.0 Å². The smallest absolute Gasteiger partial charge is 0.128 e. The van der Waals surface area contributed by atoms with Gasteiger partial charge in [0.2, 0.25) is 0 Å². The van der Waals surface area contributed by atoms with E-state index in [0.717, 1.165) is 17.2 Å². The maximum Gasteiger partial charge on any atom is 0.128 e. The van der Waals surface area contributed by atoms with E-state index in [-0.39, 0.29) is 5.82 Å². The number of H-pyrrole nitrogens is 1. The van der Waals surface area contributed by atoms with E-state index in [4.69, 9.17) is 0 Å². The number of hydrogen-bond acceptors (Lipinski definition) is 2. The Labute approximate surface area is 93.7 Å². The molecule has 0 unspecified atom stereocenters. The summed E-state index contributed by atoms with van der Waals surface area (Å²) in [5.74, 6) is 0.693.